The summed E-state index contributed by atoms with van der Waals surface area (Å²) in [6.07, 6.45) is 8.65. The molecule has 138 heavy (non-hydrogen) atoms. The van der Waals surface area contributed by atoms with Gasteiger partial charge in [-0.1, -0.05) is 200 Å². The van der Waals surface area contributed by atoms with Crippen LogP contribution < -0.4 is 48.6 Å². The zero-order valence-corrected chi connectivity index (χ0v) is 84.8. The van der Waals surface area contributed by atoms with Gasteiger partial charge in [-0.2, -0.15) is 15.8 Å². The van der Waals surface area contributed by atoms with E-state index in [0.29, 0.717) is 132 Å². The fourth-order valence-corrected chi connectivity index (χ4v) is 20.5. The molecular formula is C96H84Cl12F3N21O6. The van der Waals surface area contributed by atoms with E-state index in [2.05, 4.69) is 52.9 Å². The first-order valence-corrected chi connectivity index (χ1v) is 47.1. The van der Waals surface area contributed by atoms with Crippen LogP contribution in [0.4, 0.5) is 47.3 Å². The van der Waals surface area contributed by atoms with Gasteiger partial charge in [0.1, 0.15) is 56.9 Å². The van der Waals surface area contributed by atoms with Crippen LogP contribution in [0.1, 0.15) is 131 Å². The number of carbonyl (C=O) groups is 3. The third-order valence-electron chi connectivity index (χ3n) is 24.1. The van der Waals surface area contributed by atoms with Crippen molar-refractivity contribution < 1.29 is 27.6 Å². The van der Waals surface area contributed by atoms with Crippen molar-refractivity contribution in [1.29, 1.82) is 15.8 Å². The minimum absolute atomic E-state index is 0.00623. The Morgan fingerprint density at radius 3 is 0.913 bits per heavy atom. The zero-order chi connectivity index (χ0) is 101. The number of nitrogens with zero attached hydrogens (tertiary/aromatic N) is 18. The Balaban J connectivity index is 0.000000175. The third-order valence-corrected chi connectivity index (χ3v) is 28.6. The first-order valence-electron chi connectivity index (χ1n) is 42.6. The van der Waals surface area contributed by atoms with Crippen LogP contribution in [0.25, 0.3) is 83.9 Å². The second-order valence-corrected chi connectivity index (χ2v) is 38.4. The fourth-order valence-electron chi connectivity index (χ4n) is 17.5. The summed E-state index contributed by atoms with van der Waals surface area (Å²) in [5, 5.41) is 29.2. The molecule has 15 rings (SSSR count). The topological polar surface area (TPSA) is 363 Å². The number of pyridine rings is 9. The van der Waals surface area contributed by atoms with Crippen LogP contribution in [0.15, 0.2) is 107 Å². The number of anilines is 6. The van der Waals surface area contributed by atoms with Gasteiger partial charge in [-0.15, -0.1) is 0 Å². The van der Waals surface area contributed by atoms with E-state index >= 15 is 13.2 Å². The third kappa shape index (κ3) is 18.3. The Morgan fingerprint density at radius 1 is 0.399 bits per heavy atom. The lowest BCUT2D eigenvalue weighted by Gasteiger charge is -2.41. The molecule has 12 aromatic rings. The summed E-state index contributed by atoms with van der Waals surface area (Å²) in [5.41, 5.74) is 20.2. The van der Waals surface area contributed by atoms with Gasteiger partial charge in [-0.3, -0.25) is 57.4 Å². The Bertz CT molecular complexity index is 6780. The number of piperazine rings is 3. The molecule has 0 aliphatic carbocycles. The van der Waals surface area contributed by atoms with Crippen LogP contribution in [0.2, 0.25) is 60.3 Å². The molecule has 0 bridgehead atoms. The van der Waals surface area contributed by atoms with Gasteiger partial charge < -0.3 is 46.6 Å². The van der Waals surface area contributed by atoms with Crippen molar-refractivity contribution in [3.63, 3.8) is 0 Å². The van der Waals surface area contributed by atoms with Crippen molar-refractivity contribution in [3.8, 4) is 69.0 Å². The van der Waals surface area contributed by atoms with Crippen LogP contribution >= 0.6 is 139 Å². The molecule has 3 saturated heterocycles. The molecule has 0 spiro atoms. The van der Waals surface area contributed by atoms with Crippen molar-refractivity contribution in [2.75, 3.05) is 90.8 Å². The number of carbonyl (C=O) groups excluding carboxylic acids is 3. The van der Waals surface area contributed by atoms with Gasteiger partial charge in [0.25, 0.3) is 16.7 Å². The summed E-state index contributed by atoms with van der Waals surface area (Å²) in [5.74, 6) is -4.08. The number of benzene rings is 3. The summed E-state index contributed by atoms with van der Waals surface area (Å²) in [7, 11) is 0. The molecule has 3 amide bonds. The van der Waals surface area contributed by atoms with Crippen LogP contribution in [-0.2, 0) is 14.4 Å². The van der Waals surface area contributed by atoms with Gasteiger partial charge in [0.2, 0.25) is 17.7 Å². The fraction of sp³-hybridized carbons (Fsp3) is 0.281. The highest BCUT2D eigenvalue weighted by atomic mass is 35.5. The number of nitriles is 3. The molecule has 27 nitrogen and oxygen atoms in total. The lowest BCUT2D eigenvalue weighted by molar-refractivity contribution is -0.129. The molecule has 714 valence electrons. The second kappa shape index (κ2) is 41.4. The van der Waals surface area contributed by atoms with Gasteiger partial charge in [0, 0.05) is 117 Å². The predicted octanol–water partition coefficient (Wildman–Crippen LogP) is 21.9. The smallest absolute Gasteiger partial charge is 0.276 e. The molecule has 9 aromatic heterocycles. The first kappa shape index (κ1) is 104. The summed E-state index contributed by atoms with van der Waals surface area (Å²) in [4.78, 5) is 119. The van der Waals surface area contributed by atoms with Gasteiger partial charge in [-0.25, -0.2) is 28.1 Å². The number of aryl methyl sites for hydroxylation is 3. The average Bonchev–Trinajstić information content (AvgIpc) is 0.726. The number of aromatic nitrogens is 9. The Labute approximate surface area is 850 Å². The standard InChI is InChI=1S/3C32H28Cl4FN7O2/c2*1-6-20(45)43-10-9-42(13-16(43)5)30-17-11-19(33)28(21-22(34)26(39)24(36)23(35)25(21)37)41-31(17)44(32(46)18(30)12-38)29-15(4)7-8-40-27(29)14(2)3;1-6-20(45)43-10-9-42(13-16(43)5)30-17-11-19(33)28(21-22(34)25(37)24(36)26(39)23(21)35)41-31(17)44(32(46)18(30)12-38)29-15(4)7-8-40-27(29)14(2)3/h3*6-8,11,14,16H,1,9-10,13,39H2,2-5H3/t3*16-/m111/s1. The molecule has 6 N–H and O–H groups in total. The number of amides is 3. The minimum Gasteiger partial charge on any atom is -0.396 e. The van der Waals surface area contributed by atoms with Gasteiger partial charge in [-0.05, 0) is 131 Å². The number of nitrogen functional groups attached to an aromatic ring is 3. The van der Waals surface area contributed by atoms with E-state index in [4.69, 9.17) is 171 Å². The van der Waals surface area contributed by atoms with Gasteiger partial charge in [0.05, 0.1) is 152 Å². The highest BCUT2D eigenvalue weighted by molar-refractivity contribution is 6.49. The Morgan fingerprint density at radius 2 is 0.659 bits per heavy atom. The van der Waals surface area contributed by atoms with Crippen molar-refractivity contribution in [3.05, 3.63) is 252 Å². The molecular weight excluding hydrogens is 2030 g/mol. The van der Waals surface area contributed by atoms with Crippen LogP contribution in [0.3, 0.4) is 0 Å². The maximum absolute atomic E-state index is 15.7. The molecule has 0 unspecified atom stereocenters. The largest absolute Gasteiger partial charge is 0.396 e. The molecule has 0 radical (unpaired) electrons. The highest BCUT2D eigenvalue weighted by Gasteiger charge is 2.40. The second-order valence-electron chi connectivity index (χ2n) is 33.8. The molecule has 12 heterocycles. The van der Waals surface area contributed by atoms with Crippen LogP contribution in [0, 0.1) is 72.2 Å². The van der Waals surface area contributed by atoms with E-state index in [1.165, 1.54) is 50.1 Å². The number of halogens is 15. The number of nitrogens with two attached hydrogens (primary N) is 3. The van der Waals surface area contributed by atoms with Crippen molar-refractivity contribution in [2.45, 2.75) is 119 Å². The summed E-state index contributed by atoms with van der Waals surface area (Å²) in [6, 6.07) is 15.2. The van der Waals surface area contributed by atoms with E-state index in [-0.39, 0.29) is 190 Å². The lowest BCUT2D eigenvalue weighted by Crippen LogP contribution is -2.54. The molecule has 3 atom stereocenters. The number of hydrogen-bond donors (Lipinski definition) is 3. The SMILES string of the molecule is C=CC(=O)N1CCN(c2c(C#N)c(=O)n(-c3c(C)ccnc3C(C)C)c3nc(-c4c(Cl)c(N)c(Cl)c(F)c4Cl)c(Cl)cc23)C[C@H]1C.C=CC(=O)N1CCN(c2c(C#N)c(=O)n(-c3c(C)ccnc3C(C)C)c3nc(-c4c(F)c(Cl)c(Cl)c(N)c4Cl)c(Cl)cc23)C[C@H]1C.C=CC(=O)N1CCN(c2c(C#N)c(=O)n(-c3c(C)ccnc3C(C)C)c3nc(-c4c(F)c(Cl)c(Cl)c(N)c4Cl)c(Cl)cc23)C[C@H]1C. The van der Waals surface area contributed by atoms with E-state index < -0.39 is 54.2 Å². The summed E-state index contributed by atoms with van der Waals surface area (Å²) in [6.45, 7) is 36.0. The van der Waals surface area contributed by atoms with E-state index in [1.807, 2.05) is 97.8 Å². The quantitative estimate of drug-likeness (QED) is 0.0371. The minimum atomic E-state index is -1.01. The van der Waals surface area contributed by atoms with Crippen molar-refractivity contribution >= 4 is 224 Å². The van der Waals surface area contributed by atoms with Gasteiger partial charge in [0.15, 0.2) is 17.5 Å². The Kier molecular flexibility index (Phi) is 31.1. The molecule has 3 fully saturated rings. The lowest BCUT2D eigenvalue weighted by atomic mass is 10.0. The molecule has 3 aliphatic heterocycles. The van der Waals surface area contributed by atoms with Crippen molar-refractivity contribution in [1.82, 2.24) is 58.3 Å². The number of hydrogen-bond acceptors (Lipinski definition) is 21. The van der Waals surface area contributed by atoms with Gasteiger partial charge >= 0.3 is 0 Å². The maximum atomic E-state index is 15.7. The van der Waals surface area contributed by atoms with E-state index in [1.54, 1.807) is 51.5 Å². The maximum Gasteiger partial charge on any atom is 0.276 e. The van der Waals surface area contributed by atoms with E-state index in [9.17, 15) is 44.6 Å². The molecule has 0 saturated carbocycles. The predicted molar refractivity (Wildman–Crippen MR) is 546 cm³/mol. The normalized spacial score (nSPS) is 15.0. The molecule has 42 heteroatoms. The Hall–Kier alpha value is -11.6. The highest BCUT2D eigenvalue weighted by Crippen LogP contribution is 2.52. The van der Waals surface area contributed by atoms with Crippen LogP contribution in [0.5, 0.6) is 0 Å². The van der Waals surface area contributed by atoms with Crippen LogP contribution in [-0.4, -0.2) is 153 Å². The molecule has 3 aliphatic rings. The average molecular weight is 2110 g/mol. The molecule has 3 aromatic carbocycles. The first-order chi connectivity index (χ1) is 65.2. The summed E-state index contributed by atoms with van der Waals surface area (Å²) < 4.78 is 50.5. The number of fused-ring (bicyclic) bond motifs is 3. The zero-order valence-electron chi connectivity index (χ0n) is 75.8. The van der Waals surface area contributed by atoms with E-state index in [0.717, 1.165) is 0 Å². The number of rotatable bonds is 15. The summed E-state index contributed by atoms with van der Waals surface area (Å²) >= 11 is 77.1. The monoisotopic (exact) mass is 2100 g/mol. The van der Waals surface area contributed by atoms with Crippen molar-refractivity contribution in [2.24, 2.45) is 0 Å².